The van der Waals surface area contributed by atoms with Gasteiger partial charge in [0.25, 0.3) is 0 Å². The molecule has 3 nitrogen and oxygen atoms in total. The molecule has 4 heteroatoms. The van der Waals surface area contributed by atoms with Crippen molar-refractivity contribution in [1.29, 1.82) is 0 Å². The molecule has 0 N–H and O–H groups in total. The van der Waals surface area contributed by atoms with E-state index in [0.29, 0.717) is 6.61 Å². The Kier molecular flexibility index (Phi) is 7.70. The first-order chi connectivity index (χ1) is 9.63. The van der Waals surface area contributed by atoms with Crippen molar-refractivity contribution in [3.05, 3.63) is 29.3 Å². The molecule has 112 valence electrons. The van der Waals surface area contributed by atoms with Gasteiger partial charge in [0, 0.05) is 11.4 Å². The Balaban J connectivity index is 2.67. The van der Waals surface area contributed by atoms with Crippen LogP contribution in [0.25, 0.3) is 0 Å². The minimum atomic E-state index is -0.203. The SMILES string of the molecule is CCSc1cccc(C)c1C(=O)OCCN(CC)CC. The summed E-state index contributed by atoms with van der Waals surface area (Å²) in [6.07, 6.45) is 0. The summed E-state index contributed by atoms with van der Waals surface area (Å²) in [5.41, 5.74) is 1.70. The predicted octanol–water partition coefficient (Wildman–Crippen LogP) is 3.61. The van der Waals surface area contributed by atoms with E-state index in [2.05, 4.69) is 25.7 Å². The lowest BCUT2D eigenvalue weighted by Crippen LogP contribution is -2.28. The second-order valence-electron chi connectivity index (χ2n) is 4.54. The van der Waals surface area contributed by atoms with Crippen LogP contribution in [0.1, 0.15) is 36.7 Å². The van der Waals surface area contributed by atoms with Crippen LogP contribution in [-0.4, -0.2) is 42.9 Å². The lowest BCUT2D eigenvalue weighted by atomic mass is 10.1. The number of rotatable bonds is 8. The Bertz CT molecular complexity index is 430. The fourth-order valence-corrected chi connectivity index (χ4v) is 2.93. The van der Waals surface area contributed by atoms with Gasteiger partial charge in [-0.25, -0.2) is 4.79 Å². The van der Waals surface area contributed by atoms with E-state index >= 15 is 0 Å². The van der Waals surface area contributed by atoms with E-state index in [0.717, 1.165) is 41.4 Å². The van der Waals surface area contributed by atoms with Crippen molar-refractivity contribution in [3.63, 3.8) is 0 Å². The maximum Gasteiger partial charge on any atom is 0.339 e. The fourth-order valence-electron chi connectivity index (χ4n) is 2.06. The average Bonchev–Trinajstić information content (AvgIpc) is 2.44. The van der Waals surface area contributed by atoms with Gasteiger partial charge in [0.05, 0.1) is 5.56 Å². The zero-order valence-corrected chi connectivity index (χ0v) is 13.8. The highest BCUT2D eigenvalue weighted by Crippen LogP contribution is 2.25. The van der Waals surface area contributed by atoms with Gasteiger partial charge >= 0.3 is 5.97 Å². The lowest BCUT2D eigenvalue weighted by molar-refractivity contribution is 0.0461. The van der Waals surface area contributed by atoms with Gasteiger partial charge in [-0.15, -0.1) is 11.8 Å². The number of hydrogen-bond acceptors (Lipinski definition) is 4. The minimum Gasteiger partial charge on any atom is -0.461 e. The van der Waals surface area contributed by atoms with Crippen molar-refractivity contribution < 1.29 is 9.53 Å². The molecule has 0 atom stereocenters. The molecule has 0 spiro atoms. The molecule has 20 heavy (non-hydrogen) atoms. The Morgan fingerprint density at radius 3 is 2.55 bits per heavy atom. The summed E-state index contributed by atoms with van der Waals surface area (Å²) in [5, 5.41) is 0. The molecule has 1 aromatic carbocycles. The van der Waals surface area contributed by atoms with Crippen LogP contribution in [-0.2, 0) is 4.74 Å². The normalized spacial score (nSPS) is 10.8. The van der Waals surface area contributed by atoms with Crippen LogP contribution >= 0.6 is 11.8 Å². The number of thioether (sulfide) groups is 1. The number of carbonyl (C=O) groups is 1. The van der Waals surface area contributed by atoms with E-state index in [1.807, 2.05) is 25.1 Å². The molecule has 0 aliphatic heterocycles. The average molecular weight is 295 g/mol. The maximum atomic E-state index is 12.3. The van der Waals surface area contributed by atoms with Crippen molar-refractivity contribution >= 4 is 17.7 Å². The zero-order chi connectivity index (χ0) is 15.0. The van der Waals surface area contributed by atoms with Crippen LogP contribution in [0.15, 0.2) is 23.1 Å². The Morgan fingerprint density at radius 1 is 1.25 bits per heavy atom. The van der Waals surface area contributed by atoms with E-state index in [1.54, 1.807) is 11.8 Å². The standard InChI is InChI=1S/C16H25NO2S/c1-5-17(6-2)11-12-19-16(18)15-13(4)9-8-10-14(15)20-7-3/h8-10H,5-7,11-12H2,1-4H3. The van der Waals surface area contributed by atoms with E-state index < -0.39 is 0 Å². The molecule has 0 aromatic heterocycles. The summed E-state index contributed by atoms with van der Waals surface area (Å²) >= 11 is 1.68. The molecule has 0 unspecified atom stereocenters. The first-order valence-electron chi connectivity index (χ1n) is 7.25. The third-order valence-corrected chi connectivity index (χ3v) is 4.21. The smallest absolute Gasteiger partial charge is 0.339 e. The Labute approximate surface area is 126 Å². The summed E-state index contributed by atoms with van der Waals surface area (Å²) in [5.74, 6) is 0.745. The quantitative estimate of drug-likeness (QED) is 0.541. The summed E-state index contributed by atoms with van der Waals surface area (Å²) in [7, 11) is 0. The second kappa shape index (κ2) is 9.03. The van der Waals surface area contributed by atoms with E-state index in [1.165, 1.54) is 0 Å². The summed E-state index contributed by atoms with van der Waals surface area (Å²) in [4.78, 5) is 15.5. The fraction of sp³-hybridized carbons (Fsp3) is 0.562. The summed E-state index contributed by atoms with van der Waals surface area (Å²) in [6.45, 7) is 11.5. The van der Waals surface area contributed by atoms with E-state index in [-0.39, 0.29) is 5.97 Å². The number of nitrogens with zero attached hydrogens (tertiary/aromatic N) is 1. The van der Waals surface area contributed by atoms with Crippen molar-refractivity contribution in [1.82, 2.24) is 4.90 Å². The van der Waals surface area contributed by atoms with Crippen LogP contribution in [0, 0.1) is 6.92 Å². The van der Waals surface area contributed by atoms with Gasteiger partial charge in [-0.1, -0.05) is 32.9 Å². The summed E-state index contributed by atoms with van der Waals surface area (Å²) in [6, 6.07) is 5.93. The largest absolute Gasteiger partial charge is 0.461 e. The molecule has 0 aliphatic rings. The highest BCUT2D eigenvalue weighted by atomic mass is 32.2. The molecule has 0 bridgehead atoms. The van der Waals surface area contributed by atoms with E-state index in [9.17, 15) is 4.79 Å². The number of aryl methyl sites for hydroxylation is 1. The van der Waals surface area contributed by atoms with Gasteiger partial charge in [-0.2, -0.15) is 0 Å². The Morgan fingerprint density at radius 2 is 1.95 bits per heavy atom. The van der Waals surface area contributed by atoms with Gasteiger partial charge < -0.3 is 9.64 Å². The number of esters is 1. The summed E-state index contributed by atoms with van der Waals surface area (Å²) < 4.78 is 5.44. The zero-order valence-electron chi connectivity index (χ0n) is 12.9. The van der Waals surface area contributed by atoms with Crippen molar-refractivity contribution in [2.45, 2.75) is 32.6 Å². The molecule has 0 fully saturated rings. The van der Waals surface area contributed by atoms with Crippen LogP contribution < -0.4 is 0 Å². The lowest BCUT2D eigenvalue weighted by Gasteiger charge is -2.18. The number of carbonyl (C=O) groups excluding carboxylic acids is 1. The van der Waals surface area contributed by atoms with Crippen molar-refractivity contribution in [2.75, 3.05) is 32.0 Å². The van der Waals surface area contributed by atoms with Crippen LogP contribution in [0.2, 0.25) is 0 Å². The van der Waals surface area contributed by atoms with Gasteiger partial charge in [0.15, 0.2) is 0 Å². The van der Waals surface area contributed by atoms with Crippen LogP contribution in [0.3, 0.4) is 0 Å². The number of hydrogen-bond donors (Lipinski definition) is 0. The van der Waals surface area contributed by atoms with Crippen LogP contribution in [0.4, 0.5) is 0 Å². The number of likely N-dealkylation sites (N-methyl/N-ethyl adjacent to an activating group) is 1. The Hall–Kier alpha value is -1.00. The second-order valence-corrected chi connectivity index (χ2v) is 5.85. The van der Waals surface area contributed by atoms with Gasteiger partial charge in [-0.05, 0) is 37.4 Å². The third-order valence-electron chi connectivity index (χ3n) is 3.27. The van der Waals surface area contributed by atoms with Gasteiger partial charge in [0.2, 0.25) is 0 Å². The monoisotopic (exact) mass is 295 g/mol. The number of benzene rings is 1. The highest BCUT2D eigenvalue weighted by molar-refractivity contribution is 7.99. The molecule has 0 radical (unpaired) electrons. The number of ether oxygens (including phenoxy) is 1. The molecule has 0 aliphatic carbocycles. The van der Waals surface area contributed by atoms with Gasteiger partial charge in [0.1, 0.15) is 6.61 Å². The van der Waals surface area contributed by atoms with Gasteiger partial charge in [-0.3, -0.25) is 0 Å². The first kappa shape index (κ1) is 17.1. The molecule has 1 rings (SSSR count). The highest BCUT2D eigenvalue weighted by Gasteiger charge is 2.15. The molecule has 0 saturated heterocycles. The minimum absolute atomic E-state index is 0.203. The van der Waals surface area contributed by atoms with Crippen molar-refractivity contribution in [3.8, 4) is 0 Å². The molecular formula is C16H25NO2S. The molecule has 1 aromatic rings. The third kappa shape index (κ3) is 4.84. The predicted molar refractivity (Wildman–Crippen MR) is 85.6 cm³/mol. The molecule has 0 saturated carbocycles. The van der Waals surface area contributed by atoms with Crippen LogP contribution in [0.5, 0.6) is 0 Å². The van der Waals surface area contributed by atoms with E-state index in [4.69, 9.17) is 4.74 Å². The first-order valence-corrected chi connectivity index (χ1v) is 8.24. The maximum absolute atomic E-state index is 12.3. The van der Waals surface area contributed by atoms with Crippen molar-refractivity contribution in [2.24, 2.45) is 0 Å². The molecular weight excluding hydrogens is 270 g/mol. The molecule has 0 amide bonds. The molecule has 0 heterocycles. The topological polar surface area (TPSA) is 29.5 Å².